The van der Waals surface area contributed by atoms with Crippen molar-refractivity contribution < 1.29 is 59.2 Å². The first-order chi connectivity index (χ1) is 25.2. The molecule has 54 heavy (non-hydrogen) atoms. The third-order valence-electron chi connectivity index (χ3n) is 8.39. The van der Waals surface area contributed by atoms with E-state index in [0.29, 0.717) is 29.7 Å². The molecular weight excluding hydrogens is 757 g/mol. The van der Waals surface area contributed by atoms with Crippen molar-refractivity contribution in [2.45, 2.75) is 55.2 Å². The van der Waals surface area contributed by atoms with Crippen molar-refractivity contribution in [3.8, 4) is 11.5 Å². The van der Waals surface area contributed by atoms with Crippen LogP contribution in [0.4, 0.5) is 28.0 Å². The number of urea groups is 1. The van der Waals surface area contributed by atoms with Gasteiger partial charge in [0.25, 0.3) is 0 Å². The van der Waals surface area contributed by atoms with Gasteiger partial charge in [-0.1, -0.05) is 24.3 Å². The van der Waals surface area contributed by atoms with E-state index in [-0.39, 0.29) is 27.9 Å². The number of hydrogen-bond donors (Lipinski definition) is 3. The topological polar surface area (TPSA) is 179 Å². The number of carboxylic acids is 1. The van der Waals surface area contributed by atoms with Crippen molar-refractivity contribution >= 4 is 45.0 Å². The maximum Gasteiger partial charge on any atom is 0.430 e. The second-order valence-electron chi connectivity index (χ2n) is 13.0. The van der Waals surface area contributed by atoms with Crippen molar-refractivity contribution in [1.29, 1.82) is 0 Å². The molecule has 0 bridgehead atoms. The van der Waals surface area contributed by atoms with Crippen LogP contribution in [0.1, 0.15) is 29.5 Å². The molecule has 5 rings (SSSR count). The number of quaternary nitrogens is 1. The Morgan fingerprint density at radius 3 is 2.20 bits per heavy atom. The number of nitrogens with zero attached hydrogens (tertiary/aromatic N) is 2. The van der Waals surface area contributed by atoms with E-state index < -0.39 is 46.3 Å². The van der Waals surface area contributed by atoms with Crippen molar-refractivity contribution in [3.63, 3.8) is 0 Å². The summed E-state index contributed by atoms with van der Waals surface area (Å²) in [6, 6.07) is 17.9. The number of aryl methyl sites for hydroxylation is 1. The van der Waals surface area contributed by atoms with Gasteiger partial charge in [0, 0.05) is 11.3 Å². The summed E-state index contributed by atoms with van der Waals surface area (Å²) < 4.78 is 76.3. The van der Waals surface area contributed by atoms with Gasteiger partial charge >= 0.3 is 22.3 Å². The van der Waals surface area contributed by atoms with Crippen LogP contribution in [0.25, 0.3) is 0 Å². The van der Waals surface area contributed by atoms with Gasteiger partial charge in [-0.2, -0.15) is 21.6 Å². The van der Waals surface area contributed by atoms with Crippen molar-refractivity contribution in [3.05, 3.63) is 107 Å². The zero-order valence-corrected chi connectivity index (χ0v) is 30.7. The van der Waals surface area contributed by atoms with Gasteiger partial charge in [0.15, 0.2) is 4.21 Å². The molecular formula is C36H38F4N4O8S2. The lowest BCUT2D eigenvalue weighted by Crippen LogP contribution is -2.62. The van der Waals surface area contributed by atoms with Gasteiger partial charge in [-0.25, -0.2) is 9.18 Å². The number of likely N-dealkylation sites (N-methyl/N-ethyl adjacent to an activating group) is 1. The average Bonchev–Trinajstić information content (AvgIpc) is 3.55. The fraction of sp³-hybridized carbons (Fsp3) is 0.306. The van der Waals surface area contributed by atoms with Crippen LogP contribution in [0, 0.1) is 12.7 Å². The molecule has 0 spiro atoms. The number of carbonyl (C=O) groups is 3. The number of anilines is 1. The van der Waals surface area contributed by atoms with Crippen LogP contribution in [0.3, 0.4) is 0 Å². The number of aromatic hydroxyl groups is 1. The number of thiophene rings is 1. The number of benzene rings is 3. The molecule has 1 unspecified atom stereocenters. The predicted molar refractivity (Wildman–Crippen MR) is 189 cm³/mol. The molecule has 1 aromatic heterocycles. The Morgan fingerprint density at radius 2 is 1.65 bits per heavy atom. The van der Waals surface area contributed by atoms with E-state index >= 15 is 0 Å². The SMILES string of the molecule is Cc1csc(S(=O)(=O)Oc2ccc(NC(=O)N(C(=O)[C@@H](N)Cc3ccc(O)cc3)[C@H]3CCC[N+](C)(Cc4ccc(F)cc4)C3)cc2)c1.O=C([O-])C(F)(F)F. The number of halogens is 4. The minimum absolute atomic E-state index is 0.0686. The van der Waals surface area contributed by atoms with Gasteiger partial charge in [0.2, 0.25) is 5.91 Å². The first-order valence-corrected chi connectivity index (χ1v) is 18.7. The van der Waals surface area contributed by atoms with Crippen LogP contribution in [-0.2, 0) is 32.7 Å². The number of likely N-dealkylation sites (tertiary alicyclic amines) is 1. The number of phenols is 1. The molecule has 0 saturated carbocycles. The minimum Gasteiger partial charge on any atom is -0.542 e. The van der Waals surface area contributed by atoms with Gasteiger partial charge in [0.1, 0.15) is 36.4 Å². The zero-order chi connectivity index (χ0) is 39.8. The number of hydrogen-bond acceptors (Lipinski definition) is 10. The maximum atomic E-state index is 14.0. The molecule has 18 heteroatoms. The van der Waals surface area contributed by atoms with E-state index in [1.165, 1.54) is 59.5 Å². The Labute approximate surface area is 313 Å². The van der Waals surface area contributed by atoms with Crippen molar-refractivity contribution in [2.75, 3.05) is 25.5 Å². The van der Waals surface area contributed by atoms with Crippen LogP contribution in [0.5, 0.6) is 11.5 Å². The van der Waals surface area contributed by atoms with Crippen LogP contribution in [0.2, 0.25) is 0 Å². The third-order valence-corrected chi connectivity index (χ3v) is 11.2. The number of piperidine rings is 1. The molecule has 1 aliphatic heterocycles. The number of carbonyl (C=O) groups excluding carboxylic acids is 3. The third kappa shape index (κ3) is 11.7. The van der Waals surface area contributed by atoms with E-state index in [1.807, 2.05) is 0 Å². The predicted octanol–water partition coefficient (Wildman–Crippen LogP) is 4.71. The quantitative estimate of drug-likeness (QED) is 0.117. The van der Waals surface area contributed by atoms with Gasteiger partial charge < -0.3 is 34.7 Å². The highest BCUT2D eigenvalue weighted by molar-refractivity contribution is 7.89. The molecule has 1 aliphatic rings. The van der Waals surface area contributed by atoms with E-state index in [0.717, 1.165) is 41.0 Å². The van der Waals surface area contributed by atoms with E-state index in [9.17, 15) is 40.7 Å². The summed E-state index contributed by atoms with van der Waals surface area (Å²) in [4.78, 5) is 37.8. The summed E-state index contributed by atoms with van der Waals surface area (Å²) in [5.74, 6) is -3.71. The number of nitrogens with one attached hydrogen (secondary N) is 1. The molecule has 4 aromatic rings. The Bertz CT molecular complexity index is 2030. The first kappa shape index (κ1) is 41.7. The van der Waals surface area contributed by atoms with Gasteiger partial charge in [-0.05, 0) is 97.3 Å². The van der Waals surface area contributed by atoms with Crippen LogP contribution < -0.4 is 20.3 Å². The summed E-state index contributed by atoms with van der Waals surface area (Å²) >= 11 is 1.07. The standard InChI is InChI=1S/C34H37FN4O6S2.C2HF3O2/c1-23-18-32(46-22-23)47(43,44)45-30-15-11-27(12-16-30)37-34(42)38(33(41)31(36)19-24-7-13-29(40)14-8-24)28-4-3-17-39(2,21-28)20-25-5-9-26(35)10-6-25;3-2(4,5)1(6)7/h5-16,18,22,28,31H,3-4,17,19-21,36H2,1-2H3,(H-,37,40,42);(H,6,7)/t28-,31-,39?;/m0./s1. The monoisotopic (exact) mass is 794 g/mol. The fourth-order valence-corrected chi connectivity index (χ4v) is 7.98. The lowest BCUT2D eigenvalue weighted by molar-refractivity contribution is -0.928. The molecule has 1 fully saturated rings. The number of imide groups is 1. The van der Waals surface area contributed by atoms with E-state index in [1.54, 1.807) is 36.6 Å². The summed E-state index contributed by atoms with van der Waals surface area (Å²) in [7, 11) is -1.96. The summed E-state index contributed by atoms with van der Waals surface area (Å²) in [6.45, 7) is 3.66. The molecule has 1 saturated heterocycles. The van der Waals surface area contributed by atoms with Gasteiger partial charge in [-0.15, -0.1) is 11.3 Å². The molecule has 4 N–H and O–H groups in total. The number of alkyl halides is 3. The Morgan fingerprint density at radius 1 is 1.06 bits per heavy atom. The lowest BCUT2D eigenvalue weighted by atomic mass is 9.98. The highest BCUT2D eigenvalue weighted by Gasteiger charge is 2.41. The number of rotatable bonds is 10. The highest BCUT2D eigenvalue weighted by atomic mass is 32.3. The number of carboxylic acid groups (broad SMARTS) is 1. The molecule has 12 nitrogen and oxygen atoms in total. The molecule has 290 valence electrons. The second-order valence-corrected chi connectivity index (χ2v) is 15.7. The average molecular weight is 795 g/mol. The number of nitrogens with two attached hydrogens (primary N) is 1. The molecule has 3 atom stereocenters. The first-order valence-electron chi connectivity index (χ1n) is 16.4. The summed E-state index contributed by atoms with van der Waals surface area (Å²) in [6.07, 6.45) is -3.71. The minimum atomic E-state index is -5.19. The Balaban J connectivity index is 0.000000845. The van der Waals surface area contributed by atoms with E-state index in [2.05, 4.69) is 12.4 Å². The second kappa shape index (κ2) is 17.4. The largest absolute Gasteiger partial charge is 0.542 e. The molecule has 0 radical (unpaired) electrons. The highest BCUT2D eigenvalue weighted by Crippen LogP contribution is 2.28. The smallest absolute Gasteiger partial charge is 0.430 e. The number of phenolic OH excluding ortho intramolecular Hbond substituents is 1. The van der Waals surface area contributed by atoms with Crippen molar-refractivity contribution in [1.82, 2.24) is 4.90 Å². The summed E-state index contributed by atoms with van der Waals surface area (Å²) in [5.41, 5.74) is 9.23. The maximum absolute atomic E-state index is 14.0. The lowest BCUT2D eigenvalue weighted by Gasteiger charge is -2.44. The number of amides is 3. The van der Waals surface area contributed by atoms with Crippen molar-refractivity contribution in [2.24, 2.45) is 5.73 Å². The van der Waals surface area contributed by atoms with Gasteiger partial charge in [0.05, 0.1) is 25.7 Å². The normalized spacial score (nSPS) is 17.7. The van der Waals surface area contributed by atoms with Crippen LogP contribution in [0.15, 0.2) is 88.5 Å². The Kier molecular flexibility index (Phi) is 13.4. The zero-order valence-electron chi connectivity index (χ0n) is 29.1. The number of aliphatic carboxylic acids is 1. The summed E-state index contributed by atoms with van der Waals surface area (Å²) in [5, 5.41) is 22.9. The van der Waals surface area contributed by atoms with E-state index in [4.69, 9.17) is 19.8 Å². The van der Waals surface area contributed by atoms with Crippen LogP contribution >= 0.6 is 11.3 Å². The molecule has 3 amide bonds. The van der Waals surface area contributed by atoms with Gasteiger partial charge in [-0.3, -0.25) is 9.69 Å². The Hall–Kier alpha value is -5.04. The fourth-order valence-electron chi connectivity index (χ4n) is 5.86. The van der Waals surface area contributed by atoms with Crippen LogP contribution in [-0.4, -0.2) is 79.2 Å². The molecule has 3 aromatic carbocycles. The molecule has 0 aliphatic carbocycles. The molecule has 2 heterocycles.